The number of carbonyl (C=O) groups is 2. The van der Waals surface area contributed by atoms with Crippen molar-refractivity contribution in [3.05, 3.63) is 0 Å². The van der Waals surface area contributed by atoms with E-state index < -0.39 is 5.97 Å². The summed E-state index contributed by atoms with van der Waals surface area (Å²) in [5.41, 5.74) is -0.210. The van der Waals surface area contributed by atoms with Crippen LogP contribution in [-0.4, -0.2) is 48.3 Å². The van der Waals surface area contributed by atoms with Gasteiger partial charge < -0.3 is 20.5 Å². The van der Waals surface area contributed by atoms with Crippen molar-refractivity contribution in [1.82, 2.24) is 10.6 Å². The Hall–Kier alpha value is -1.14. The highest BCUT2D eigenvalue weighted by Crippen LogP contribution is 2.24. The summed E-state index contributed by atoms with van der Waals surface area (Å²) in [5.74, 6) is -1.07. The summed E-state index contributed by atoms with van der Waals surface area (Å²) in [4.78, 5) is 22.6. The van der Waals surface area contributed by atoms with E-state index in [0.717, 1.165) is 25.9 Å². The number of aliphatic carboxylic acids is 1. The molecule has 2 aliphatic rings. The molecule has 0 atom stereocenters. The Morgan fingerprint density at radius 1 is 1.32 bits per heavy atom. The second-order valence-corrected chi connectivity index (χ2v) is 5.80. The van der Waals surface area contributed by atoms with Crippen molar-refractivity contribution in [3.8, 4) is 0 Å². The lowest BCUT2D eigenvalue weighted by atomic mass is 9.86. The van der Waals surface area contributed by atoms with Crippen LogP contribution in [0.5, 0.6) is 0 Å². The zero-order chi connectivity index (χ0) is 13.9. The summed E-state index contributed by atoms with van der Waals surface area (Å²) in [7, 11) is 0. The first-order valence-electron chi connectivity index (χ1n) is 6.85. The van der Waals surface area contributed by atoms with Crippen LogP contribution >= 0.6 is 0 Å². The zero-order valence-corrected chi connectivity index (χ0v) is 11.3. The summed E-state index contributed by atoms with van der Waals surface area (Å²) in [6.45, 7) is 3.62. The molecule has 6 heteroatoms. The molecule has 1 amide bonds. The van der Waals surface area contributed by atoms with E-state index in [-0.39, 0.29) is 30.1 Å². The third-order valence-corrected chi connectivity index (χ3v) is 3.99. The molecule has 6 nitrogen and oxygen atoms in total. The molecule has 1 saturated carbocycles. The van der Waals surface area contributed by atoms with Crippen molar-refractivity contribution in [2.24, 2.45) is 5.92 Å². The van der Waals surface area contributed by atoms with Gasteiger partial charge in [0.2, 0.25) is 5.91 Å². The maximum atomic E-state index is 11.7. The van der Waals surface area contributed by atoms with Crippen molar-refractivity contribution in [1.29, 1.82) is 0 Å². The molecular weight excluding hydrogens is 248 g/mol. The Kier molecular flexibility index (Phi) is 4.42. The topological polar surface area (TPSA) is 87.7 Å². The molecule has 0 unspecified atom stereocenters. The van der Waals surface area contributed by atoms with Gasteiger partial charge in [-0.3, -0.25) is 9.59 Å². The molecule has 0 aromatic rings. The molecule has 1 aliphatic carbocycles. The van der Waals surface area contributed by atoms with E-state index >= 15 is 0 Å². The number of hydrogen-bond acceptors (Lipinski definition) is 4. The monoisotopic (exact) mass is 270 g/mol. The van der Waals surface area contributed by atoms with E-state index in [4.69, 9.17) is 9.84 Å². The van der Waals surface area contributed by atoms with Gasteiger partial charge in [0.1, 0.15) is 6.61 Å². The fourth-order valence-corrected chi connectivity index (χ4v) is 2.57. The smallest absolute Gasteiger partial charge is 0.306 e. The van der Waals surface area contributed by atoms with Crippen LogP contribution in [0.15, 0.2) is 0 Å². The first-order valence-corrected chi connectivity index (χ1v) is 6.85. The number of nitrogens with one attached hydrogen (secondary N) is 2. The Balaban J connectivity index is 1.64. The fraction of sp³-hybridized carbons (Fsp3) is 0.846. The predicted molar refractivity (Wildman–Crippen MR) is 68.8 cm³/mol. The highest BCUT2D eigenvalue weighted by molar-refractivity contribution is 5.77. The second-order valence-electron chi connectivity index (χ2n) is 5.80. The van der Waals surface area contributed by atoms with Gasteiger partial charge in [0, 0.05) is 19.1 Å². The minimum atomic E-state index is -0.724. The zero-order valence-electron chi connectivity index (χ0n) is 11.3. The molecule has 0 radical (unpaired) electrons. The number of carboxylic acids is 1. The average Bonchev–Trinajstić information content (AvgIpc) is 2.35. The van der Waals surface area contributed by atoms with Crippen LogP contribution < -0.4 is 10.6 Å². The third-order valence-electron chi connectivity index (χ3n) is 3.99. The quantitative estimate of drug-likeness (QED) is 0.660. The van der Waals surface area contributed by atoms with Crippen LogP contribution in [0, 0.1) is 5.92 Å². The Morgan fingerprint density at radius 3 is 2.42 bits per heavy atom. The SMILES string of the molecule is CC1(OCC(=O)NC2CCC(C(=O)O)CC2)CNC1. The Labute approximate surface area is 112 Å². The average molecular weight is 270 g/mol. The molecular formula is C13H22N2O4. The van der Waals surface area contributed by atoms with Crippen LogP contribution in [0.2, 0.25) is 0 Å². The molecule has 0 bridgehead atoms. The van der Waals surface area contributed by atoms with Crippen LogP contribution in [0.4, 0.5) is 0 Å². The van der Waals surface area contributed by atoms with Crippen molar-refractivity contribution in [3.63, 3.8) is 0 Å². The normalized spacial score (nSPS) is 29.3. The lowest BCUT2D eigenvalue weighted by Gasteiger charge is -2.39. The van der Waals surface area contributed by atoms with E-state index in [1.165, 1.54) is 0 Å². The van der Waals surface area contributed by atoms with Gasteiger partial charge >= 0.3 is 5.97 Å². The van der Waals surface area contributed by atoms with E-state index in [1.807, 2.05) is 6.92 Å². The second kappa shape index (κ2) is 5.88. The maximum Gasteiger partial charge on any atom is 0.306 e. The van der Waals surface area contributed by atoms with Gasteiger partial charge in [-0.15, -0.1) is 0 Å². The highest BCUT2D eigenvalue weighted by Gasteiger charge is 2.33. The van der Waals surface area contributed by atoms with Gasteiger partial charge in [0.05, 0.1) is 11.5 Å². The fourth-order valence-electron chi connectivity index (χ4n) is 2.57. The number of hydrogen-bond donors (Lipinski definition) is 3. The van der Waals surface area contributed by atoms with E-state index in [9.17, 15) is 9.59 Å². The number of carbonyl (C=O) groups excluding carboxylic acids is 1. The van der Waals surface area contributed by atoms with Gasteiger partial charge in [0.25, 0.3) is 0 Å². The summed E-state index contributed by atoms with van der Waals surface area (Å²) in [6, 6.07) is 0.0963. The number of ether oxygens (including phenoxy) is 1. The van der Waals surface area contributed by atoms with Gasteiger partial charge in [-0.05, 0) is 32.6 Å². The lowest BCUT2D eigenvalue weighted by Crippen LogP contribution is -2.59. The molecule has 2 rings (SSSR count). The van der Waals surface area contributed by atoms with Crippen molar-refractivity contribution in [2.45, 2.75) is 44.2 Å². The van der Waals surface area contributed by atoms with Gasteiger partial charge in [0.15, 0.2) is 0 Å². The van der Waals surface area contributed by atoms with Crippen molar-refractivity contribution < 1.29 is 19.4 Å². The van der Waals surface area contributed by atoms with E-state index in [0.29, 0.717) is 12.8 Å². The van der Waals surface area contributed by atoms with Gasteiger partial charge in [-0.2, -0.15) is 0 Å². The molecule has 19 heavy (non-hydrogen) atoms. The predicted octanol–water partition coefficient (Wildman–Crippen LogP) is 0.124. The summed E-state index contributed by atoms with van der Waals surface area (Å²) in [6.07, 6.45) is 2.76. The maximum absolute atomic E-state index is 11.7. The minimum absolute atomic E-state index is 0.0804. The molecule has 108 valence electrons. The lowest BCUT2D eigenvalue weighted by molar-refractivity contribution is -0.143. The largest absolute Gasteiger partial charge is 0.481 e. The standard InChI is InChI=1S/C13H22N2O4/c1-13(7-14-8-13)19-6-11(16)15-10-4-2-9(3-5-10)12(17)18/h9-10,14H,2-8H2,1H3,(H,15,16)(H,17,18). The first-order chi connectivity index (χ1) is 8.98. The summed E-state index contributed by atoms with van der Waals surface area (Å²) in [5, 5.41) is 14.9. The van der Waals surface area contributed by atoms with E-state index in [2.05, 4.69) is 10.6 Å². The first kappa shape index (κ1) is 14.3. The van der Waals surface area contributed by atoms with Crippen molar-refractivity contribution >= 4 is 11.9 Å². The summed E-state index contributed by atoms with van der Waals surface area (Å²) >= 11 is 0. The number of rotatable bonds is 5. The molecule has 0 spiro atoms. The molecule has 3 N–H and O–H groups in total. The number of carboxylic acid groups (broad SMARTS) is 1. The van der Waals surface area contributed by atoms with Crippen molar-refractivity contribution in [2.75, 3.05) is 19.7 Å². The molecule has 1 heterocycles. The Morgan fingerprint density at radius 2 is 1.95 bits per heavy atom. The van der Waals surface area contributed by atoms with Crippen LogP contribution in [0.3, 0.4) is 0 Å². The molecule has 0 aromatic carbocycles. The third kappa shape index (κ3) is 3.91. The Bertz CT molecular complexity index is 347. The number of amides is 1. The highest BCUT2D eigenvalue weighted by atomic mass is 16.5. The molecule has 1 saturated heterocycles. The molecule has 2 fully saturated rings. The molecule has 0 aromatic heterocycles. The van der Waals surface area contributed by atoms with E-state index in [1.54, 1.807) is 0 Å². The minimum Gasteiger partial charge on any atom is -0.481 e. The van der Waals surface area contributed by atoms with Gasteiger partial charge in [-0.1, -0.05) is 0 Å². The van der Waals surface area contributed by atoms with Gasteiger partial charge in [-0.25, -0.2) is 0 Å². The van der Waals surface area contributed by atoms with Crippen LogP contribution in [0.25, 0.3) is 0 Å². The van der Waals surface area contributed by atoms with Crippen LogP contribution in [0.1, 0.15) is 32.6 Å². The van der Waals surface area contributed by atoms with Crippen LogP contribution in [-0.2, 0) is 14.3 Å². The molecule has 1 aliphatic heterocycles. The summed E-state index contributed by atoms with van der Waals surface area (Å²) < 4.78 is 5.56.